The van der Waals surface area contributed by atoms with E-state index in [1.807, 2.05) is 0 Å². The third kappa shape index (κ3) is 5.11. The predicted molar refractivity (Wildman–Crippen MR) is 130 cm³/mol. The summed E-state index contributed by atoms with van der Waals surface area (Å²) in [5, 5.41) is 2.89. The Balaban J connectivity index is 1.48. The van der Waals surface area contributed by atoms with Crippen molar-refractivity contribution in [2.75, 3.05) is 27.1 Å². The summed E-state index contributed by atoms with van der Waals surface area (Å²) >= 11 is 6.02. The number of hydrogen-bond donors (Lipinski definition) is 2. The molecule has 4 rings (SSSR count). The summed E-state index contributed by atoms with van der Waals surface area (Å²) in [6.07, 6.45) is -0.0465. The van der Waals surface area contributed by atoms with E-state index in [1.165, 1.54) is 30.3 Å². The molecule has 0 fully saturated rings. The zero-order chi connectivity index (χ0) is 24.5. The molecule has 0 aromatic heterocycles. The molecule has 178 valence electrons. The minimum Gasteiger partial charge on any atom is -0.476 e. The van der Waals surface area contributed by atoms with Gasteiger partial charge in [-0.15, -0.1) is 0 Å². The van der Waals surface area contributed by atoms with Crippen LogP contribution in [0.25, 0.3) is 0 Å². The van der Waals surface area contributed by atoms with Crippen molar-refractivity contribution >= 4 is 54.6 Å². The second-order valence-electron chi connectivity index (χ2n) is 7.47. The van der Waals surface area contributed by atoms with Gasteiger partial charge in [0.15, 0.2) is 6.10 Å². The van der Waals surface area contributed by atoms with Crippen LogP contribution in [-0.2, 0) is 24.8 Å². The Labute approximate surface area is 202 Å². The van der Waals surface area contributed by atoms with Crippen molar-refractivity contribution in [3.05, 3.63) is 77.8 Å². The normalized spacial score (nSPS) is 15.7. The fourth-order valence-corrected chi connectivity index (χ4v) is 5.57. The number of benzene rings is 3. The van der Waals surface area contributed by atoms with Crippen molar-refractivity contribution < 1.29 is 26.4 Å². The Bertz CT molecular complexity index is 1440. The van der Waals surface area contributed by atoms with Crippen LogP contribution in [0.1, 0.15) is 0 Å². The number of ether oxygens (including phenoxy) is 1. The van der Waals surface area contributed by atoms with Gasteiger partial charge in [0.1, 0.15) is 5.75 Å². The molecule has 1 aliphatic rings. The molecule has 1 atom stereocenters. The number of halogens is 1. The summed E-state index contributed by atoms with van der Waals surface area (Å²) in [7, 11) is -7.54. The highest BCUT2D eigenvalue weighted by Gasteiger charge is 2.34. The molecule has 1 aliphatic heterocycles. The molecule has 2 N–H and O–H groups in total. The smallest absolute Gasteiger partial charge is 0.267 e. The SMILES string of the molecule is CS(=O)(=O)N1CC(C(=O)Nc2ccc(S(=O)(=O)Nc3ccccc3Cl)cc2)Oc2ccccc21. The van der Waals surface area contributed by atoms with E-state index < -0.39 is 32.1 Å². The minimum atomic E-state index is -3.90. The van der Waals surface area contributed by atoms with Crippen LogP contribution in [0.3, 0.4) is 0 Å². The fraction of sp³-hybridized carbons (Fsp3) is 0.136. The first kappa shape index (κ1) is 23.9. The summed E-state index contributed by atoms with van der Waals surface area (Å²) < 4.78 is 59.0. The van der Waals surface area contributed by atoms with Crippen molar-refractivity contribution in [1.82, 2.24) is 0 Å². The molecule has 0 radical (unpaired) electrons. The number of sulfonamides is 2. The molecule has 0 saturated carbocycles. The highest BCUT2D eigenvalue weighted by molar-refractivity contribution is 7.92. The van der Waals surface area contributed by atoms with Crippen molar-refractivity contribution in [3.8, 4) is 5.75 Å². The van der Waals surface area contributed by atoms with E-state index in [4.69, 9.17) is 16.3 Å². The van der Waals surface area contributed by atoms with Gasteiger partial charge in [-0.05, 0) is 48.5 Å². The van der Waals surface area contributed by atoms with Crippen LogP contribution in [0.2, 0.25) is 5.02 Å². The quantitative estimate of drug-likeness (QED) is 0.513. The number of hydrogen-bond acceptors (Lipinski definition) is 6. The maximum Gasteiger partial charge on any atom is 0.267 e. The molecule has 3 aromatic carbocycles. The molecule has 0 bridgehead atoms. The van der Waals surface area contributed by atoms with E-state index in [2.05, 4.69) is 10.0 Å². The molecule has 9 nitrogen and oxygen atoms in total. The topological polar surface area (TPSA) is 122 Å². The zero-order valence-corrected chi connectivity index (χ0v) is 20.2. The van der Waals surface area contributed by atoms with Gasteiger partial charge in [-0.3, -0.25) is 13.8 Å². The Kier molecular flexibility index (Phi) is 6.43. The fourth-order valence-electron chi connectivity index (χ4n) is 3.34. The van der Waals surface area contributed by atoms with Crippen molar-refractivity contribution in [2.24, 2.45) is 0 Å². The lowest BCUT2D eigenvalue weighted by Crippen LogP contribution is -2.48. The van der Waals surface area contributed by atoms with Crippen molar-refractivity contribution in [1.29, 1.82) is 0 Å². The molecule has 3 aromatic rings. The minimum absolute atomic E-state index is 0.0310. The van der Waals surface area contributed by atoms with Gasteiger partial charge in [-0.25, -0.2) is 16.8 Å². The third-order valence-electron chi connectivity index (χ3n) is 4.98. The van der Waals surface area contributed by atoms with E-state index in [0.29, 0.717) is 11.4 Å². The maximum atomic E-state index is 12.8. The monoisotopic (exact) mass is 521 g/mol. The van der Waals surface area contributed by atoms with Crippen molar-refractivity contribution in [2.45, 2.75) is 11.0 Å². The maximum absolute atomic E-state index is 12.8. The molecule has 0 saturated heterocycles. The van der Waals surface area contributed by atoms with Gasteiger partial charge >= 0.3 is 0 Å². The van der Waals surface area contributed by atoms with E-state index in [-0.39, 0.29) is 27.9 Å². The standard InChI is InChI=1S/C22H20ClN3O6S2/c1-33(28,29)26-14-21(32-20-9-5-4-8-19(20)26)22(27)24-15-10-12-16(13-11-15)34(30,31)25-18-7-3-2-6-17(18)23/h2-13,21,25H,14H2,1H3,(H,24,27). The van der Waals surface area contributed by atoms with E-state index in [9.17, 15) is 21.6 Å². The Morgan fingerprint density at radius 3 is 2.29 bits per heavy atom. The number of para-hydroxylation sites is 3. The molecule has 34 heavy (non-hydrogen) atoms. The van der Waals surface area contributed by atoms with Gasteiger partial charge in [-0.1, -0.05) is 35.9 Å². The van der Waals surface area contributed by atoms with Crippen LogP contribution in [0.5, 0.6) is 5.75 Å². The zero-order valence-electron chi connectivity index (χ0n) is 17.8. The summed E-state index contributed by atoms with van der Waals surface area (Å²) in [6, 6.07) is 18.5. The third-order valence-corrected chi connectivity index (χ3v) is 7.84. The average molecular weight is 522 g/mol. The van der Waals surface area contributed by atoms with Crippen LogP contribution < -0.4 is 19.1 Å². The summed E-state index contributed by atoms with van der Waals surface area (Å²) in [4.78, 5) is 12.8. The number of rotatable bonds is 6. The number of fused-ring (bicyclic) bond motifs is 1. The molecule has 1 unspecified atom stereocenters. The molecule has 1 amide bonds. The van der Waals surface area contributed by atoms with Crippen LogP contribution in [0.15, 0.2) is 77.7 Å². The second kappa shape index (κ2) is 9.16. The second-order valence-corrected chi connectivity index (χ2v) is 11.5. The van der Waals surface area contributed by atoms with Gasteiger partial charge in [0.05, 0.1) is 34.1 Å². The molecule has 1 heterocycles. The van der Waals surface area contributed by atoms with E-state index >= 15 is 0 Å². The lowest BCUT2D eigenvalue weighted by Gasteiger charge is -2.33. The summed E-state index contributed by atoms with van der Waals surface area (Å²) in [6.45, 7) is -0.199. The Morgan fingerprint density at radius 1 is 0.971 bits per heavy atom. The highest BCUT2D eigenvalue weighted by atomic mass is 35.5. The van der Waals surface area contributed by atoms with Crippen molar-refractivity contribution in [3.63, 3.8) is 0 Å². The highest BCUT2D eigenvalue weighted by Crippen LogP contribution is 2.35. The number of nitrogens with zero attached hydrogens (tertiary/aromatic N) is 1. The van der Waals surface area contributed by atoms with Gasteiger partial charge in [0.2, 0.25) is 10.0 Å². The Morgan fingerprint density at radius 2 is 1.62 bits per heavy atom. The lowest BCUT2D eigenvalue weighted by atomic mass is 10.2. The first-order valence-electron chi connectivity index (χ1n) is 9.96. The first-order valence-corrected chi connectivity index (χ1v) is 13.7. The number of amides is 1. The van der Waals surface area contributed by atoms with Gasteiger partial charge in [0, 0.05) is 5.69 Å². The van der Waals surface area contributed by atoms with Crippen LogP contribution in [-0.4, -0.2) is 41.6 Å². The van der Waals surface area contributed by atoms with Gasteiger partial charge < -0.3 is 10.1 Å². The van der Waals surface area contributed by atoms with Gasteiger partial charge in [0.25, 0.3) is 15.9 Å². The molecule has 12 heteroatoms. The van der Waals surface area contributed by atoms with Crippen LogP contribution in [0.4, 0.5) is 17.1 Å². The van der Waals surface area contributed by atoms with Gasteiger partial charge in [-0.2, -0.15) is 0 Å². The number of carbonyl (C=O) groups is 1. The number of carbonyl (C=O) groups excluding carboxylic acids is 1. The lowest BCUT2D eigenvalue weighted by molar-refractivity contribution is -0.122. The average Bonchev–Trinajstić information content (AvgIpc) is 2.79. The first-order chi connectivity index (χ1) is 16.0. The molecule has 0 spiro atoms. The molecular formula is C22H20ClN3O6S2. The largest absolute Gasteiger partial charge is 0.476 e. The number of nitrogens with one attached hydrogen (secondary N) is 2. The van der Waals surface area contributed by atoms with Crippen LogP contribution in [0, 0.1) is 0 Å². The van der Waals surface area contributed by atoms with E-state index in [1.54, 1.807) is 42.5 Å². The molecule has 0 aliphatic carbocycles. The van der Waals surface area contributed by atoms with Crippen LogP contribution >= 0.6 is 11.6 Å². The Hall–Kier alpha value is -3.28. The van der Waals surface area contributed by atoms with E-state index in [0.717, 1.165) is 10.6 Å². The summed E-state index contributed by atoms with van der Waals surface area (Å²) in [5.74, 6) is -0.306. The number of anilines is 3. The predicted octanol–water partition coefficient (Wildman–Crippen LogP) is 3.31. The summed E-state index contributed by atoms with van der Waals surface area (Å²) in [5.41, 5.74) is 0.913. The molecular weight excluding hydrogens is 502 g/mol.